The third-order valence-corrected chi connectivity index (χ3v) is 5.27. The van der Waals surface area contributed by atoms with Crippen molar-refractivity contribution in [3.05, 3.63) is 101 Å². The second-order valence-electron chi connectivity index (χ2n) is 6.99. The number of hydrogen-bond acceptors (Lipinski definition) is 2. The zero-order chi connectivity index (χ0) is 18.8. The lowest BCUT2D eigenvalue weighted by molar-refractivity contribution is 0.0694. The molecule has 4 rings (SSSR count). The molecule has 0 N–H and O–H groups in total. The van der Waals surface area contributed by atoms with E-state index in [1.165, 1.54) is 11.1 Å². The molecule has 0 spiro atoms. The average Bonchev–Trinajstić information content (AvgIpc) is 2.73. The number of ether oxygens (including phenoxy) is 1. The Morgan fingerprint density at radius 1 is 0.963 bits per heavy atom. The smallest absolute Gasteiger partial charge is 0.254 e. The number of hydrogen-bond donors (Lipinski definition) is 0. The molecular weight excluding hydrogens is 334 g/mol. The van der Waals surface area contributed by atoms with Crippen LogP contribution < -0.4 is 4.74 Å². The number of rotatable bonds is 3. The summed E-state index contributed by atoms with van der Waals surface area (Å²) in [5.41, 5.74) is 5.50. The van der Waals surface area contributed by atoms with E-state index in [0.717, 1.165) is 28.9 Å². The van der Waals surface area contributed by atoms with Crippen LogP contribution in [0, 0.1) is 6.92 Å². The molecule has 0 saturated heterocycles. The SMILES string of the molecule is COc1ccc(C2c3ccccc3CCN2C(=O)c2ccc(C)cc2)cc1. The fourth-order valence-electron chi connectivity index (χ4n) is 3.79. The van der Waals surface area contributed by atoms with Gasteiger partial charge in [0.25, 0.3) is 5.91 Å². The highest BCUT2D eigenvalue weighted by molar-refractivity contribution is 5.95. The number of benzene rings is 3. The summed E-state index contributed by atoms with van der Waals surface area (Å²) in [6, 6.07) is 24.2. The Bertz CT molecular complexity index is 945. The molecule has 1 aliphatic heterocycles. The molecule has 3 aromatic rings. The number of aryl methyl sites for hydroxylation is 1. The minimum atomic E-state index is -0.0883. The third kappa shape index (κ3) is 3.33. The van der Waals surface area contributed by atoms with Gasteiger partial charge in [-0.3, -0.25) is 4.79 Å². The molecule has 0 aromatic heterocycles. The minimum absolute atomic E-state index is 0.0744. The Labute approximate surface area is 160 Å². The van der Waals surface area contributed by atoms with E-state index in [1.807, 2.05) is 48.2 Å². The van der Waals surface area contributed by atoms with Crippen LogP contribution >= 0.6 is 0 Å². The lowest BCUT2D eigenvalue weighted by Gasteiger charge is -2.38. The van der Waals surface area contributed by atoms with Gasteiger partial charge in [-0.05, 0) is 54.3 Å². The molecule has 0 aliphatic carbocycles. The first-order valence-corrected chi connectivity index (χ1v) is 9.27. The topological polar surface area (TPSA) is 29.5 Å². The summed E-state index contributed by atoms with van der Waals surface area (Å²) in [5.74, 6) is 0.893. The first-order chi connectivity index (χ1) is 13.2. The van der Waals surface area contributed by atoms with Gasteiger partial charge in [0.05, 0.1) is 13.2 Å². The van der Waals surface area contributed by atoms with Crippen molar-refractivity contribution in [1.82, 2.24) is 4.90 Å². The second kappa shape index (κ2) is 7.28. The molecule has 1 unspecified atom stereocenters. The van der Waals surface area contributed by atoms with E-state index in [2.05, 4.69) is 36.4 Å². The zero-order valence-electron chi connectivity index (χ0n) is 15.7. The Morgan fingerprint density at radius 3 is 2.37 bits per heavy atom. The summed E-state index contributed by atoms with van der Waals surface area (Å²) in [5, 5.41) is 0. The highest BCUT2D eigenvalue weighted by Gasteiger charge is 2.32. The van der Waals surface area contributed by atoms with Gasteiger partial charge < -0.3 is 9.64 Å². The van der Waals surface area contributed by atoms with Crippen molar-refractivity contribution in [3.8, 4) is 5.75 Å². The van der Waals surface area contributed by atoms with Crippen LogP contribution in [0.25, 0.3) is 0 Å². The van der Waals surface area contributed by atoms with E-state index in [0.29, 0.717) is 6.54 Å². The maximum atomic E-state index is 13.3. The van der Waals surface area contributed by atoms with Gasteiger partial charge in [0, 0.05) is 12.1 Å². The molecule has 0 bridgehead atoms. The number of carbonyl (C=O) groups is 1. The van der Waals surface area contributed by atoms with E-state index in [9.17, 15) is 4.79 Å². The fourth-order valence-corrected chi connectivity index (χ4v) is 3.79. The first-order valence-electron chi connectivity index (χ1n) is 9.27. The van der Waals surface area contributed by atoms with Crippen molar-refractivity contribution in [3.63, 3.8) is 0 Å². The number of amides is 1. The molecule has 3 heteroatoms. The predicted octanol–water partition coefficient (Wildman–Crippen LogP) is 4.79. The Morgan fingerprint density at radius 2 is 1.67 bits per heavy atom. The molecule has 136 valence electrons. The predicted molar refractivity (Wildman–Crippen MR) is 107 cm³/mol. The lowest BCUT2D eigenvalue weighted by Crippen LogP contribution is -2.40. The van der Waals surface area contributed by atoms with Crippen LogP contribution in [0.2, 0.25) is 0 Å². The van der Waals surface area contributed by atoms with Crippen LogP contribution in [0.4, 0.5) is 0 Å². The summed E-state index contributed by atoms with van der Waals surface area (Å²) >= 11 is 0. The highest BCUT2D eigenvalue weighted by atomic mass is 16.5. The summed E-state index contributed by atoms with van der Waals surface area (Å²) in [7, 11) is 1.66. The van der Waals surface area contributed by atoms with Gasteiger partial charge in [-0.25, -0.2) is 0 Å². The van der Waals surface area contributed by atoms with Crippen molar-refractivity contribution >= 4 is 5.91 Å². The summed E-state index contributed by atoms with van der Waals surface area (Å²) in [6.07, 6.45) is 0.875. The summed E-state index contributed by atoms with van der Waals surface area (Å²) in [4.78, 5) is 15.3. The fraction of sp³-hybridized carbons (Fsp3) is 0.208. The van der Waals surface area contributed by atoms with Gasteiger partial charge in [0.2, 0.25) is 0 Å². The van der Waals surface area contributed by atoms with Crippen LogP contribution in [-0.2, 0) is 6.42 Å². The lowest BCUT2D eigenvalue weighted by atomic mass is 9.87. The van der Waals surface area contributed by atoms with E-state index >= 15 is 0 Å². The molecule has 0 saturated carbocycles. The van der Waals surface area contributed by atoms with Crippen molar-refractivity contribution < 1.29 is 9.53 Å². The van der Waals surface area contributed by atoms with Crippen molar-refractivity contribution in [2.24, 2.45) is 0 Å². The molecule has 0 radical (unpaired) electrons. The molecule has 1 aliphatic rings. The molecule has 1 atom stereocenters. The Balaban J connectivity index is 1.77. The van der Waals surface area contributed by atoms with Gasteiger partial charge in [-0.1, -0.05) is 54.1 Å². The second-order valence-corrected chi connectivity index (χ2v) is 6.99. The van der Waals surface area contributed by atoms with Crippen LogP contribution in [0.1, 0.15) is 38.7 Å². The quantitative estimate of drug-likeness (QED) is 0.674. The summed E-state index contributed by atoms with van der Waals surface area (Å²) < 4.78 is 5.30. The number of nitrogens with zero attached hydrogens (tertiary/aromatic N) is 1. The van der Waals surface area contributed by atoms with E-state index < -0.39 is 0 Å². The molecular formula is C24H23NO2. The number of carbonyl (C=O) groups excluding carboxylic acids is 1. The molecule has 1 amide bonds. The van der Waals surface area contributed by atoms with E-state index in [-0.39, 0.29) is 11.9 Å². The normalized spacial score (nSPS) is 15.9. The number of fused-ring (bicyclic) bond motifs is 1. The monoisotopic (exact) mass is 357 g/mol. The van der Waals surface area contributed by atoms with Gasteiger partial charge >= 0.3 is 0 Å². The Hall–Kier alpha value is -3.07. The van der Waals surface area contributed by atoms with Gasteiger partial charge in [0.15, 0.2) is 0 Å². The first kappa shape index (κ1) is 17.3. The minimum Gasteiger partial charge on any atom is -0.497 e. The van der Waals surface area contributed by atoms with Gasteiger partial charge in [-0.2, -0.15) is 0 Å². The van der Waals surface area contributed by atoms with Gasteiger partial charge in [-0.15, -0.1) is 0 Å². The zero-order valence-corrected chi connectivity index (χ0v) is 15.7. The van der Waals surface area contributed by atoms with Crippen molar-refractivity contribution in [2.45, 2.75) is 19.4 Å². The van der Waals surface area contributed by atoms with Crippen molar-refractivity contribution in [2.75, 3.05) is 13.7 Å². The molecule has 27 heavy (non-hydrogen) atoms. The maximum absolute atomic E-state index is 13.3. The van der Waals surface area contributed by atoms with Crippen molar-refractivity contribution in [1.29, 1.82) is 0 Å². The van der Waals surface area contributed by atoms with E-state index in [1.54, 1.807) is 7.11 Å². The van der Waals surface area contributed by atoms with Crippen LogP contribution in [0.15, 0.2) is 72.8 Å². The molecule has 3 aromatic carbocycles. The standard InChI is InChI=1S/C24H23NO2/c1-17-7-9-20(10-8-17)24(26)25-16-15-18-5-3-4-6-22(18)23(25)19-11-13-21(27-2)14-12-19/h3-14,23H,15-16H2,1-2H3. The largest absolute Gasteiger partial charge is 0.497 e. The number of methoxy groups -OCH3 is 1. The molecule has 3 nitrogen and oxygen atoms in total. The van der Waals surface area contributed by atoms with Crippen LogP contribution in [0.3, 0.4) is 0 Å². The van der Waals surface area contributed by atoms with Crippen LogP contribution in [0.5, 0.6) is 5.75 Å². The van der Waals surface area contributed by atoms with E-state index in [4.69, 9.17) is 4.74 Å². The van der Waals surface area contributed by atoms with Crippen LogP contribution in [-0.4, -0.2) is 24.5 Å². The highest BCUT2D eigenvalue weighted by Crippen LogP contribution is 2.36. The molecule has 1 heterocycles. The maximum Gasteiger partial charge on any atom is 0.254 e. The molecule has 0 fully saturated rings. The third-order valence-electron chi connectivity index (χ3n) is 5.27. The van der Waals surface area contributed by atoms with Gasteiger partial charge in [0.1, 0.15) is 5.75 Å². The average molecular weight is 357 g/mol. The Kier molecular flexibility index (Phi) is 4.68. The summed E-state index contributed by atoms with van der Waals surface area (Å²) in [6.45, 7) is 2.74.